The van der Waals surface area contributed by atoms with Crippen LogP contribution in [0.25, 0.3) is 0 Å². The van der Waals surface area contributed by atoms with Crippen molar-refractivity contribution in [3.8, 4) is 0 Å². The van der Waals surface area contributed by atoms with E-state index in [0.717, 1.165) is 38.1 Å². The van der Waals surface area contributed by atoms with Gasteiger partial charge in [-0.15, -0.1) is 0 Å². The summed E-state index contributed by atoms with van der Waals surface area (Å²) in [5.41, 5.74) is 5.95. The van der Waals surface area contributed by atoms with Gasteiger partial charge in [0.2, 0.25) is 5.91 Å². The van der Waals surface area contributed by atoms with Crippen molar-refractivity contribution in [3.63, 3.8) is 0 Å². The van der Waals surface area contributed by atoms with Gasteiger partial charge in [-0.1, -0.05) is 33.6 Å². The van der Waals surface area contributed by atoms with Gasteiger partial charge in [-0.3, -0.25) is 4.79 Å². The van der Waals surface area contributed by atoms with E-state index >= 15 is 0 Å². The van der Waals surface area contributed by atoms with Gasteiger partial charge in [0.15, 0.2) is 0 Å². The predicted octanol–water partition coefficient (Wildman–Crippen LogP) is 2.69. The molecule has 1 aliphatic rings. The van der Waals surface area contributed by atoms with Gasteiger partial charge in [-0.2, -0.15) is 0 Å². The molecule has 3 unspecified atom stereocenters. The third-order valence-corrected chi connectivity index (χ3v) is 4.08. The van der Waals surface area contributed by atoms with Crippen molar-refractivity contribution < 1.29 is 4.79 Å². The van der Waals surface area contributed by atoms with Gasteiger partial charge < -0.3 is 11.1 Å². The topological polar surface area (TPSA) is 55.1 Å². The highest BCUT2D eigenvalue weighted by atomic mass is 16.1. The van der Waals surface area contributed by atoms with Crippen LogP contribution in [0, 0.1) is 17.8 Å². The Morgan fingerprint density at radius 3 is 2.72 bits per heavy atom. The lowest BCUT2D eigenvalue weighted by molar-refractivity contribution is -0.127. The molecule has 1 amide bonds. The predicted molar refractivity (Wildman–Crippen MR) is 76.2 cm³/mol. The van der Waals surface area contributed by atoms with Crippen molar-refractivity contribution in [3.05, 3.63) is 0 Å². The molecule has 3 nitrogen and oxygen atoms in total. The molecule has 1 rings (SSSR count). The molecule has 1 fully saturated rings. The Labute approximate surface area is 112 Å². The molecule has 3 heteroatoms. The molecule has 0 heterocycles. The van der Waals surface area contributed by atoms with Gasteiger partial charge >= 0.3 is 0 Å². The maximum Gasteiger partial charge on any atom is 0.223 e. The summed E-state index contributed by atoms with van der Waals surface area (Å²) >= 11 is 0. The van der Waals surface area contributed by atoms with Crippen LogP contribution in [0.5, 0.6) is 0 Å². The van der Waals surface area contributed by atoms with Gasteiger partial charge in [0.25, 0.3) is 0 Å². The molecule has 0 spiro atoms. The molecule has 0 aromatic rings. The summed E-state index contributed by atoms with van der Waals surface area (Å²) in [4.78, 5) is 12.1. The largest absolute Gasteiger partial charge is 0.356 e. The number of carbonyl (C=O) groups excluding carboxylic acids is 1. The van der Waals surface area contributed by atoms with Crippen LogP contribution < -0.4 is 11.1 Å². The Kier molecular flexibility index (Phi) is 6.69. The summed E-state index contributed by atoms with van der Waals surface area (Å²) < 4.78 is 0. The number of hydrogen-bond acceptors (Lipinski definition) is 2. The molecule has 106 valence electrons. The zero-order valence-corrected chi connectivity index (χ0v) is 12.2. The lowest BCUT2D eigenvalue weighted by Crippen LogP contribution is -2.41. The molecule has 0 radical (unpaired) electrons. The molecular formula is C15H30N2O. The summed E-state index contributed by atoms with van der Waals surface area (Å²) in [6, 6.07) is 0.220. The second-order valence-electron chi connectivity index (χ2n) is 6.34. The van der Waals surface area contributed by atoms with E-state index in [1.807, 2.05) is 0 Å². The summed E-state index contributed by atoms with van der Waals surface area (Å²) in [7, 11) is 0. The summed E-state index contributed by atoms with van der Waals surface area (Å²) in [6.45, 7) is 7.48. The Morgan fingerprint density at radius 2 is 2.06 bits per heavy atom. The van der Waals surface area contributed by atoms with Crippen molar-refractivity contribution in [2.24, 2.45) is 23.5 Å². The first kappa shape index (κ1) is 15.5. The number of nitrogens with two attached hydrogens (primary N) is 1. The SMILES string of the molecule is CC(C)CCCCNC(=O)C1CC(N)CCC1C. The smallest absolute Gasteiger partial charge is 0.223 e. The molecule has 3 atom stereocenters. The number of amides is 1. The van der Waals surface area contributed by atoms with Crippen LogP contribution in [-0.2, 0) is 4.79 Å². The third-order valence-electron chi connectivity index (χ3n) is 4.08. The maximum absolute atomic E-state index is 12.1. The highest BCUT2D eigenvalue weighted by Gasteiger charge is 2.30. The van der Waals surface area contributed by atoms with Crippen molar-refractivity contribution >= 4 is 5.91 Å². The standard InChI is InChI=1S/C15H30N2O/c1-11(2)6-4-5-9-17-15(18)14-10-13(16)8-7-12(14)3/h11-14H,4-10,16H2,1-3H3,(H,17,18). The molecule has 1 aliphatic carbocycles. The molecule has 0 bridgehead atoms. The first-order valence-corrected chi connectivity index (χ1v) is 7.54. The highest BCUT2D eigenvalue weighted by molar-refractivity contribution is 5.79. The van der Waals surface area contributed by atoms with Crippen LogP contribution in [0.2, 0.25) is 0 Å². The third kappa shape index (κ3) is 5.38. The van der Waals surface area contributed by atoms with Crippen molar-refractivity contribution in [2.75, 3.05) is 6.54 Å². The second-order valence-corrected chi connectivity index (χ2v) is 6.34. The van der Waals surface area contributed by atoms with Crippen LogP contribution in [0.1, 0.15) is 59.3 Å². The van der Waals surface area contributed by atoms with E-state index in [2.05, 4.69) is 26.1 Å². The summed E-state index contributed by atoms with van der Waals surface area (Å²) in [5, 5.41) is 3.08. The normalized spacial score (nSPS) is 28.4. The van der Waals surface area contributed by atoms with E-state index in [1.54, 1.807) is 0 Å². The molecule has 18 heavy (non-hydrogen) atoms. The minimum absolute atomic E-state index is 0.138. The van der Waals surface area contributed by atoms with Crippen LogP contribution in [0.15, 0.2) is 0 Å². The number of rotatable bonds is 6. The molecule has 1 saturated carbocycles. The monoisotopic (exact) mass is 254 g/mol. The van der Waals surface area contributed by atoms with E-state index in [4.69, 9.17) is 5.73 Å². The summed E-state index contributed by atoms with van der Waals surface area (Å²) in [5.74, 6) is 1.61. The van der Waals surface area contributed by atoms with Crippen LogP contribution in [-0.4, -0.2) is 18.5 Å². The molecule has 3 N–H and O–H groups in total. The molecule has 0 saturated heterocycles. The quantitative estimate of drug-likeness (QED) is 0.716. The second kappa shape index (κ2) is 7.78. The van der Waals surface area contributed by atoms with Crippen LogP contribution >= 0.6 is 0 Å². The van der Waals surface area contributed by atoms with E-state index < -0.39 is 0 Å². The van der Waals surface area contributed by atoms with Gasteiger partial charge in [0.1, 0.15) is 0 Å². The van der Waals surface area contributed by atoms with E-state index in [-0.39, 0.29) is 17.9 Å². The van der Waals surface area contributed by atoms with Crippen LogP contribution in [0.4, 0.5) is 0 Å². The lowest BCUT2D eigenvalue weighted by Gasteiger charge is -2.31. The van der Waals surface area contributed by atoms with Crippen molar-refractivity contribution in [1.82, 2.24) is 5.32 Å². The van der Waals surface area contributed by atoms with E-state index in [9.17, 15) is 4.79 Å². The van der Waals surface area contributed by atoms with Crippen molar-refractivity contribution in [1.29, 1.82) is 0 Å². The number of unbranched alkanes of at least 4 members (excludes halogenated alkanes) is 1. The van der Waals surface area contributed by atoms with E-state index in [0.29, 0.717) is 5.92 Å². The minimum atomic E-state index is 0.138. The fourth-order valence-electron chi connectivity index (χ4n) is 2.74. The first-order valence-electron chi connectivity index (χ1n) is 7.54. The maximum atomic E-state index is 12.1. The number of carbonyl (C=O) groups is 1. The molecule has 0 aromatic heterocycles. The average Bonchev–Trinajstić information content (AvgIpc) is 2.31. The first-order chi connectivity index (χ1) is 8.50. The van der Waals surface area contributed by atoms with E-state index in [1.165, 1.54) is 12.8 Å². The van der Waals surface area contributed by atoms with Gasteiger partial charge in [-0.25, -0.2) is 0 Å². The lowest BCUT2D eigenvalue weighted by atomic mass is 9.77. The van der Waals surface area contributed by atoms with Crippen LogP contribution in [0.3, 0.4) is 0 Å². The molecule has 0 aromatic carbocycles. The van der Waals surface area contributed by atoms with Gasteiger partial charge in [-0.05, 0) is 37.5 Å². The fraction of sp³-hybridized carbons (Fsp3) is 0.933. The molecule has 0 aliphatic heterocycles. The highest BCUT2D eigenvalue weighted by Crippen LogP contribution is 2.29. The number of nitrogens with one attached hydrogen (secondary N) is 1. The van der Waals surface area contributed by atoms with Crippen molar-refractivity contribution in [2.45, 2.75) is 65.3 Å². The minimum Gasteiger partial charge on any atom is -0.356 e. The zero-order chi connectivity index (χ0) is 13.5. The fourth-order valence-corrected chi connectivity index (χ4v) is 2.74. The number of hydrogen-bond donors (Lipinski definition) is 2. The van der Waals surface area contributed by atoms with Gasteiger partial charge in [0.05, 0.1) is 0 Å². The average molecular weight is 254 g/mol. The Bertz CT molecular complexity index is 253. The summed E-state index contributed by atoms with van der Waals surface area (Å²) in [6.07, 6.45) is 6.57. The Balaban J connectivity index is 2.19. The zero-order valence-electron chi connectivity index (χ0n) is 12.2. The Morgan fingerprint density at radius 1 is 1.33 bits per heavy atom. The molecular weight excluding hydrogens is 224 g/mol. The Hall–Kier alpha value is -0.570. The van der Waals surface area contributed by atoms with Gasteiger partial charge in [0, 0.05) is 18.5 Å².